The monoisotopic (exact) mass is 328 g/mol. The van der Waals surface area contributed by atoms with Gasteiger partial charge in [0.2, 0.25) is 5.82 Å². The Morgan fingerprint density at radius 2 is 1.96 bits per heavy atom. The van der Waals surface area contributed by atoms with Gasteiger partial charge < -0.3 is 14.6 Å². The van der Waals surface area contributed by atoms with E-state index < -0.39 is 40.5 Å². The molecule has 1 unspecified atom stereocenters. The maximum Gasteiger partial charge on any atom is 0.306 e. The third kappa shape index (κ3) is 4.04. The number of carbonyl (C=O) groups excluding carboxylic acids is 2. The van der Waals surface area contributed by atoms with E-state index in [0.29, 0.717) is 12.8 Å². The predicted octanol–water partition coefficient (Wildman–Crippen LogP) is 2.25. The number of methoxy groups -OCH3 is 1. The Balaban J connectivity index is 2.12. The van der Waals surface area contributed by atoms with Crippen LogP contribution in [0.3, 0.4) is 0 Å². The molecule has 23 heavy (non-hydrogen) atoms. The fourth-order valence-corrected chi connectivity index (χ4v) is 2.03. The molecule has 1 fully saturated rings. The molecule has 1 aromatic rings. The van der Waals surface area contributed by atoms with E-state index in [-0.39, 0.29) is 18.8 Å². The third-order valence-electron chi connectivity index (χ3n) is 3.78. The van der Waals surface area contributed by atoms with Crippen LogP contribution in [0.2, 0.25) is 0 Å². The minimum absolute atomic E-state index is 0.130. The van der Waals surface area contributed by atoms with Gasteiger partial charge in [0.25, 0.3) is 0 Å². The second-order valence-corrected chi connectivity index (χ2v) is 5.80. The van der Waals surface area contributed by atoms with Crippen molar-refractivity contribution in [1.82, 2.24) is 0 Å². The molecule has 0 bridgehead atoms. The standard InChI is InChI=1S/C16H18F2O5/c1-9(7-12(19)22-2)15(20)10-3-4-11(14(18)13(10)17)23-8-16(21)5-6-16/h3-4,9,21H,5-8H2,1-2H3. The zero-order valence-electron chi connectivity index (χ0n) is 12.9. The van der Waals surface area contributed by atoms with E-state index in [1.54, 1.807) is 0 Å². The highest BCUT2D eigenvalue weighted by molar-refractivity contribution is 5.99. The lowest BCUT2D eigenvalue weighted by Gasteiger charge is -2.14. The van der Waals surface area contributed by atoms with Crippen LogP contribution >= 0.6 is 0 Å². The SMILES string of the molecule is COC(=O)CC(C)C(=O)c1ccc(OCC2(O)CC2)c(F)c1F. The van der Waals surface area contributed by atoms with Crippen LogP contribution in [0, 0.1) is 17.6 Å². The van der Waals surface area contributed by atoms with Crippen LogP contribution in [0.1, 0.15) is 36.5 Å². The second kappa shape index (κ2) is 6.62. The number of ketones is 1. The minimum atomic E-state index is -1.33. The Morgan fingerprint density at radius 1 is 1.30 bits per heavy atom. The molecule has 1 N–H and O–H groups in total. The van der Waals surface area contributed by atoms with E-state index >= 15 is 0 Å². The van der Waals surface area contributed by atoms with Crippen LogP contribution < -0.4 is 4.74 Å². The smallest absolute Gasteiger partial charge is 0.306 e. The average Bonchev–Trinajstić information content (AvgIpc) is 3.26. The van der Waals surface area contributed by atoms with Gasteiger partial charge >= 0.3 is 5.97 Å². The summed E-state index contributed by atoms with van der Waals surface area (Å²) in [6, 6.07) is 2.25. The summed E-state index contributed by atoms with van der Waals surface area (Å²) in [6.07, 6.45) is 0.888. The van der Waals surface area contributed by atoms with Crippen molar-refractivity contribution in [3.05, 3.63) is 29.3 Å². The van der Waals surface area contributed by atoms with Crippen LogP contribution in [0.25, 0.3) is 0 Å². The van der Waals surface area contributed by atoms with Crippen LogP contribution in [0.5, 0.6) is 5.75 Å². The lowest BCUT2D eigenvalue weighted by atomic mass is 9.96. The molecule has 1 atom stereocenters. The molecule has 1 aromatic carbocycles. The Bertz CT molecular complexity index is 625. The molecular formula is C16H18F2O5. The zero-order valence-corrected chi connectivity index (χ0v) is 12.9. The summed E-state index contributed by atoms with van der Waals surface area (Å²) in [7, 11) is 1.18. The highest BCUT2D eigenvalue weighted by Crippen LogP contribution is 2.36. The van der Waals surface area contributed by atoms with E-state index in [4.69, 9.17) is 4.74 Å². The van der Waals surface area contributed by atoms with Gasteiger partial charge in [-0.3, -0.25) is 9.59 Å². The molecule has 0 aromatic heterocycles. The van der Waals surface area contributed by atoms with Crippen molar-refractivity contribution < 1.29 is 33.0 Å². The summed E-state index contributed by atoms with van der Waals surface area (Å²) in [5.74, 6) is -5.11. The molecule has 126 valence electrons. The number of hydrogen-bond acceptors (Lipinski definition) is 5. The van der Waals surface area contributed by atoms with Gasteiger partial charge in [0, 0.05) is 5.92 Å². The minimum Gasteiger partial charge on any atom is -0.487 e. The molecule has 0 amide bonds. The maximum absolute atomic E-state index is 14.1. The summed E-state index contributed by atoms with van der Waals surface area (Å²) in [6.45, 7) is 1.30. The lowest BCUT2D eigenvalue weighted by molar-refractivity contribution is -0.141. The van der Waals surface area contributed by atoms with Gasteiger partial charge in [-0.25, -0.2) is 4.39 Å². The Hall–Kier alpha value is -2.02. The molecular weight excluding hydrogens is 310 g/mol. The van der Waals surface area contributed by atoms with E-state index in [1.165, 1.54) is 14.0 Å². The molecule has 1 aliphatic rings. The van der Waals surface area contributed by atoms with Gasteiger partial charge in [-0.1, -0.05) is 6.92 Å². The Labute approximate surface area is 132 Å². The zero-order chi connectivity index (χ0) is 17.2. The third-order valence-corrected chi connectivity index (χ3v) is 3.78. The van der Waals surface area contributed by atoms with Crippen LogP contribution in [0.4, 0.5) is 8.78 Å². The molecule has 2 rings (SSSR count). The van der Waals surface area contributed by atoms with E-state index in [1.807, 2.05) is 0 Å². The topological polar surface area (TPSA) is 72.8 Å². The van der Waals surface area contributed by atoms with E-state index in [2.05, 4.69) is 4.74 Å². The molecule has 7 heteroatoms. The number of halogens is 2. The van der Waals surface area contributed by atoms with E-state index in [0.717, 1.165) is 12.1 Å². The highest BCUT2D eigenvalue weighted by atomic mass is 19.2. The molecule has 0 radical (unpaired) electrons. The van der Waals surface area contributed by atoms with Crippen molar-refractivity contribution in [2.75, 3.05) is 13.7 Å². The van der Waals surface area contributed by atoms with Gasteiger partial charge in [-0.2, -0.15) is 4.39 Å². The summed E-state index contributed by atoms with van der Waals surface area (Å²) in [5.41, 5.74) is -1.41. The molecule has 0 aliphatic heterocycles. The first-order valence-corrected chi connectivity index (χ1v) is 7.21. The first kappa shape index (κ1) is 17.3. The van der Waals surface area contributed by atoms with E-state index in [9.17, 15) is 23.5 Å². The maximum atomic E-state index is 14.1. The Morgan fingerprint density at radius 3 is 2.52 bits per heavy atom. The fraction of sp³-hybridized carbons (Fsp3) is 0.500. The van der Waals surface area contributed by atoms with Gasteiger partial charge in [0.05, 0.1) is 24.7 Å². The number of rotatable bonds is 7. The van der Waals surface area contributed by atoms with Crippen LogP contribution in [0.15, 0.2) is 12.1 Å². The van der Waals surface area contributed by atoms with Gasteiger partial charge in [0.1, 0.15) is 6.61 Å². The number of hydrogen-bond donors (Lipinski definition) is 1. The second-order valence-electron chi connectivity index (χ2n) is 5.80. The highest BCUT2D eigenvalue weighted by Gasteiger charge is 2.41. The molecule has 0 saturated heterocycles. The number of ether oxygens (including phenoxy) is 2. The summed E-state index contributed by atoms with van der Waals surface area (Å²) >= 11 is 0. The van der Waals surface area contributed by atoms with Crippen molar-refractivity contribution in [3.8, 4) is 5.75 Å². The number of esters is 1. The number of Topliss-reactive ketones (excluding diaryl/α,β-unsaturated/α-hetero) is 1. The van der Waals surface area contributed by atoms with Crippen LogP contribution in [-0.2, 0) is 9.53 Å². The largest absolute Gasteiger partial charge is 0.487 e. The number of aliphatic hydroxyl groups is 1. The Kier molecular flexibility index (Phi) is 4.99. The summed E-state index contributed by atoms with van der Waals surface area (Å²) < 4.78 is 37.6. The fourth-order valence-electron chi connectivity index (χ4n) is 2.03. The predicted molar refractivity (Wildman–Crippen MR) is 76.2 cm³/mol. The van der Waals surface area contributed by atoms with Crippen molar-refractivity contribution in [1.29, 1.82) is 0 Å². The first-order valence-electron chi connectivity index (χ1n) is 7.21. The molecule has 1 saturated carbocycles. The summed E-state index contributed by atoms with van der Waals surface area (Å²) in [5, 5.41) is 9.63. The van der Waals surface area contributed by atoms with Gasteiger partial charge in [-0.05, 0) is 25.0 Å². The van der Waals surface area contributed by atoms with Crippen molar-refractivity contribution in [2.45, 2.75) is 31.8 Å². The molecule has 0 heterocycles. The van der Waals surface area contributed by atoms with Gasteiger partial charge in [0.15, 0.2) is 17.3 Å². The van der Waals surface area contributed by atoms with Crippen molar-refractivity contribution in [3.63, 3.8) is 0 Å². The normalized spacial score (nSPS) is 16.6. The first-order chi connectivity index (χ1) is 10.8. The summed E-state index contributed by atoms with van der Waals surface area (Å²) in [4.78, 5) is 23.3. The quantitative estimate of drug-likeness (QED) is 0.614. The number of carbonyl (C=O) groups is 2. The molecule has 1 aliphatic carbocycles. The average molecular weight is 328 g/mol. The lowest BCUT2D eigenvalue weighted by Crippen LogP contribution is -2.20. The molecule has 5 nitrogen and oxygen atoms in total. The van der Waals surface area contributed by atoms with Crippen molar-refractivity contribution in [2.24, 2.45) is 5.92 Å². The van der Waals surface area contributed by atoms with Crippen LogP contribution in [-0.4, -0.2) is 36.2 Å². The van der Waals surface area contributed by atoms with Gasteiger partial charge in [-0.15, -0.1) is 0 Å². The molecule has 0 spiro atoms. The van der Waals surface area contributed by atoms with Crippen molar-refractivity contribution >= 4 is 11.8 Å². The number of benzene rings is 1.